The largest absolute Gasteiger partial charge is 0.439 e. The first-order chi connectivity index (χ1) is 13.0. The number of nitrogens with one attached hydrogen (secondary N) is 1. The van der Waals surface area contributed by atoms with Gasteiger partial charge in [0.05, 0.1) is 0 Å². The molecule has 0 fully saturated rings. The molecule has 1 amide bonds. The van der Waals surface area contributed by atoms with E-state index in [0.717, 1.165) is 10.5 Å². The zero-order valence-corrected chi connectivity index (χ0v) is 16.7. The zero-order chi connectivity index (χ0) is 19.2. The number of carbonyl (C=O) groups excluding carboxylic acids is 1. The lowest BCUT2D eigenvalue weighted by Crippen LogP contribution is -2.23. The van der Waals surface area contributed by atoms with E-state index in [9.17, 15) is 4.79 Å². The molecule has 1 N–H and O–H groups in total. The number of thioether (sulfide) groups is 1. The van der Waals surface area contributed by atoms with Crippen molar-refractivity contribution in [3.8, 4) is 11.6 Å². The van der Waals surface area contributed by atoms with Crippen LogP contribution in [0.5, 0.6) is 11.6 Å². The van der Waals surface area contributed by atoms with Crippen LogP contribution in [-0.4, -0.2) is 17.1 Å². The van der Waals surface area contributed by atoms with Crippen LogP contribution in [0.25, 0.3) is 0 Å². The quantitative estimate of drug-likeness (QED) is 0.511. The third kappa shape index (κ3) is 5.39. The van der Waals surface area contributed by atoms with E-state index in [0.29, 0.717) is 33.8 Å². The summed E-state index contributed by atoms with van der Waals surface area (Å²) in [6.45, 7) is 0.295. The van der Waals surface area contributed by atoms with Crippen molar-refractivity contribution < 1.29 is 9.53 Å². The third-order valence-corrected chi connectivity index (χ3v) is 5.03. The molecule has 27 heavy (non-hydrogen) atoms. The molecule has 3 rings (SSSR count). The molecule has 7 heteroatoms. The first-order valence-corrected chi connectivity index (χ1v) is 10.0. The summed E-state index contributed by atoms with van der Waals surface area (Å²) in [4.78, 5) is 17.7. The van der Waals surface area contributed by atoms with Gasteiger partial charge in [-0.05, 0) is 48.2 Å². The molecule has 0 saturated heterocycles. The van der Waals surface area contributed by atoms with Crippen LogP contribution in [0.2, 0.25) is 10.0 Å². The number of ether oxygens (including phenoxy) is 1. The summed E-state index contributed by atoms with van der Waals surface area (Å²) in [7, 11) is 0. The van der Waals surface area contributed by atoms with Gasteiger partial charge in [-0.15, -0.1) is 11.8 Å². The van der Waals surface area contributed by atoms with Gasteiger partial charge in [0.2, 0.25) is 5.88 Å². The standard InChI is InChI=1S/C20H16Cl2N2O2S/c1-27-17-4-2-3-16(11-17)26-19-9-13(7-8-23-19)20(25)24-12-14-5-6-15(21)10-18(14)22/h2-11H,12H2,1H3,(H,24,25). The van der Waals surface area contributed by atoms with Crippen LogP contribution in [0.4, 0.5) is 0 Å². The Balaban J connectivity index is 1.67. The molecule has 2 aromatic carbocycles. The van der Waals surface area contributed by atoms with Gasteiger partial charge in [-0.3, -0.25) is 4.79 Å². The number of hydrogen-bond acceptors (Lipinski definition) is 4. The van der Waals surface area contributed by atoms with Gasteiger partial charge < -0.3 is 10.1 Å². The fraction of sp³-hybridized carbons (Fsp3) is 0.100. The fourth-order valence-electron chi connectivity index (χ4n) is 2.33. The summed E-state index contributed by atoms with van der Waals surface area (Å²) < 4.78 is 5.77. The van der Waals surface area contributed by atoms with Crippen molar-refractivity contribution in [3.05, 3.63) is 82.0 Å². The number of amides is 1. The minimum Gasteiger partial charge on any atom is -0.439 e. The molecule has 1 aromatic heterocycles. The molecule has 138 valence electrons. The summed E-state index contributed by atoms with van der Waals surface area (Å²) >= 11 is 13.6. The summed E-state index contributed by atoms with van der Waals surface area (Å²) in [5.41, 5.74) is 1.24. The van der Waals surface area contributed by atoms with Gasteiger partial charge in [0.25, 0.3) is 5.91 Å². The number of pyridine rings is 1. The summed E-state index contributed by atoms with van der Waals surface area (Å²) in [6, 6.07) is 16.1. The van der Waals surface area contributed by atoms with Crippen LogP contribution in [0.15, 0.2) is 65.7 Å². The lowest BCUT2D eigenvalue weighted by Gasteiger charge is -2.09. The molecule has 0 radical (unpaired) electrons. The maximum absolute atomic E-state index is 12.4. The molecule has 0 aliphatic rings. The second kappa shape index (κ2) is 9.13. The first-order valence-electron chi connectivity index (χ1n) is 8.05. The van der Waals surface area contributed by atoms with E-state index in [1.54, 1.807) is 42.1 Å². The van der Waals surface area contributed by atoms with Crippen molar-refractivity contribution >= 4 is 40.9 Å². The average molecular weight is 419 g/mol. The van der Waals surface area contributed by atoms with Gasteiger partial charge in [-0.2, -0.15) is 0 Å². The van der Waals surface area contributed by atoms with Crippen LogP contribution in [0, 0.1) is 0 Å². The number of aromatic nitrogens is 1. The van der Waals surface area contributed by atoms with Crippen LogP contribution in [-0.2, 0) is 6.54 Å². The van der Waals surface area contributed by atoms with Gasteiger partial charge in [0.1, 0.15) is 5.75 Å². The van der Waals surface area contributed by atoms with Crippen molar-refractivity contribution in [2.45, 2.75) is 11.4 Å². The molecule has 0 unspecified atom stereocenters. The van der Waals surface area contributed by atoms with E-state index in [1.165, 1.54) is 6.20 Å². The lowest BCUT2D eigenvalue weighted by molar-refractivity contribution is 0.0950. The van der Waals surface area contributed by atoms with Crippen molar-refractivity contribution in [2.24, 2.45) is 0 Å². The Morgan fingerprint density at radius 3 is 2.78 bits per heavy atom. The van der Waals surface area contributed by atoms with Gasteiger partial charge >= 0.3 is 0 Å². The Hall–Kier alpha value is -2.21. The SMILES string of the molecule is CSc1cccc(Oc2cc(C(=O)NCc3ccc(Cl)cc3Cl)ccn2)c1. The number of hydrogen-bond donors (Lipinski definition) is 1. The van der Waals surface area contributed by atoms with E-state index in [2.05, 4.69) is 10.3 Å². The molecule has 4 nitrogen and oxygen atoms in total. The molecular formula is C20H16Cl2N2O2S. The van der Waals surface area contributed by atoms with Gasteiger partial charge in [0.15, 0.2) is 0 Å². The van der Waals surface area contributed by atoms with Crippen LogP contribution in [0.1, 0.15) is 15.9 Å². The van der Waals surface area contributed by atoms with Crippen LogP contribution < -0.4 is 10.1 Å². The fourth-order valence-corrected chi connectivity index (χ4v) is 3.26. The molecule has 1 heterocycles. The second-order valence-corrected chi connectivity index (χ2v) is 7.31. The average Bonchev–Trinajstić information content (AvgIpc) is 2.67. The molecule has 0 atom stereocenters. The Labute approximate surface area is 171 Å². The maximum Gasteiger partial charge on any atom is 0.251 e. The highest BCUT2D eigenvalue weighted by Gasteiger charge is 2.10. The Bertz CT molecular complexity index is 966. The smallest absolute Gasteiger partial charge is 0.251 e. The predicted molar refractivity (Wildman–Crippen MR) is 110 cm³/mol. The molecule has 0 saturated carbocycles. The van der Waals surface area contributed by atoms with Crippen molar-refractivity contribution in [1.82, 2.24) is 10.3 Å². The van der Waals surface area contributed by atoms with Crippen LogP contribution >= 0.6 is 35.0 Å². The highest BCUT2D eigenvalue weighted by atomic mass is 35.5. The van der Waals surface area contributed by atoms with E-state index < -0.39 is 0 Å². The predicted octanol–water partition coefficient (Wildman–Crippen LogP) is 5.83. The number of rotatable bonds is 6. The van der Waals surface area contributed by atoms with Crippen LogP contribution in [0.3, 0.4) is 0 Å². The number of benzene rings is 2. The van der Waals surface area contributed by atoms with Gasteiger partial charge in [-0.25, -0.2) is 4.98 Å². The third-order valence-electron chi connectivity index (χ3n) is 3.72. The van der Waals surface area contributed by atoms with E-state index in [-0.39, 0.29) is 5.91 Å². The highest BCUT2D eigenvalue weighted by molar-refractivity contribution is 7.98. The molecular weight excluding hydrogens is 403 g/mol. The summed E-state index contributed by atoms with van der Waals surface area (Å²) in [5, 5.41) is 3.89. The monoisotopic (exact) mass is 418 g/mol. The molecule has 0 aliphatic carbocycles. The number of nitrogens with zero attached hydrogens (tertiary/aromatic N) is 1. The van der Waals surface area contributed by atoms with Gasteiger partial charge in [-0.1, -0.05) is 35.3 Å². The Morgan fingerprint density at radius 2 is 2.00 bits per heavy atom. The Kier molecular flexibility index (Phi) is 6.61. The number of carbonyl (C=O) groups is 1. The minimum absolute atomic E-state index is 0.244. The van der Waals surface area contributed by atoms with E-state index >= 15 is 0 Å². The zero-order valence-electron chi connectivity index (χ0n) is 14.4. The number of halogens is 2. The normalized spacial score (nSPS) is 10.5. The van der Waals surface area contributed by atoms with Crippen molar-refractivity contribution in [1.29, 1.82) is 0 Å². The topological polar surface area (TPSA) is 51.2 Å². The molecule has 0 bridgehead atoms. The van der Waals surface area contributed by atoms with Crippen molar-refractivity contribution in [2.75, 3.05) is 6.26 Å². The summed E-state index contributed by atoms with van der Waals surface area (Å²) in [6.07, 6.45) is 3.53. The molecule has 0 spiro atoms. The summed E-state index contributed by atoms with van der Waals surface area (Å²) in [5.74, 6) is 0.774. The Morgan fingerprint density at radius 1 is 1.15 bits per heavy atom. The molecule has 0 aliphatic heterocycles. The van der Waals surface area contributed by atoms with E-state index in [4.69, 9.17) is 27.9 Å². The lowest BCUT2D eigenvalue weighted by atomic mass is 10.2. The molecule has 3 aromatic rings. The first kappa shape index (κ1) is 19.5. The van der Waals surface area contributed by atoms with Gasteiger partial charge in [0, 0.05) is 39.3 Å². The van der Waals surface area contributed by atoms with E-state index in [1.807, 2.05) is 30.5 Å². The highest BCUT2D eigenvalue weighted by Crippen LogP contribution is 2.25. The second-order valence-electron chi connectivity index (χ2n) is 5.58. The van der Waals surface area contributed by atoms with Crippen molar-refractivity contribution in [3.63, 3.8) is 0 Å². The maximum atomic E-state index is 12.4. The minimum atomic E-state index is -0.244.